The fraction of sp³-hybridized carbons (Fsp3) is 0.125. The van der Waals surface area contributed by atoms with Gasteiger partial charge in [-0.1, -0.05) is 29.8 Å². The van der Waals surface area contributed by atoms with Crippen LogP contribution in [0.5, 0.6) is 17.2 Å². The number of phenolic OH excluding ortho intramolecular Hbond substituents is 1. The van der Waals surface area contributed by atoms with E-state index in [0.29, 0.717) is 34.4 Å². The number of hydrogen-bond acceptors (Lipinski definition) is 6. The Labute approximate surface area is 195 Å². The monoisotopic (exact) mass is 467 g/mol. The fourth-order valence-electron chi connectivity index (χ4n) is 2.79. The van der Waals surface area contributed by atoms with Crippen molar-refractivity contribution in [2.45, 2.75) is 6.92 Å². The van der Waals surface area contributed by atoms with Gasteiger partial charge in [-0.3, -0.25) is 9.59 Å². The highest BCUT2D eigenvalue weighted by atomic mass is 35.5. The first-order valence-electron chi connectivity index (χ1n) is 10.0. The maximum Gasteiger partial charge on any atom is 0.275 e. The molecule has 3 rings (SSSR count). The number of ether oxygens (including phenoxy) is 2. The minimum atomic E-state index is -0.542. The Morgan fingerprint density at radius 2 is 1.85 bits per heavy atom. The molecule has 0 saturated heterocycles. The third-order valence-electron chi connectivity index (χ3n) is 4.26. The van der Waals surface area contributed by atoms with Crippen LogP contribution in [0.25, 0.3) is 0 Å². The first-order chi connectivity index (χ1) is 16.0. The van der Waals surface area contributed by atoms with Gasteiger partial charge in [-0.05, 0) is 61.0 Å². The molecule has 33 heavy (non-hydrogen) atoms. The normalized spacial score (nSPS) is 10.6. The number of phenols is 1. The van der Waals surface area contributed by atoms with E-state index in [1.54, 1.807) is 54.6 Å². The SMILES string of the molecule is CCOc1cc(C=NNC(=O)c2ccccc2O)ccc1OCC(=O)Nc1cccc(Cl)c1. The second-order valence-corrected chi connectivity index (χ2v) is 7.14. The number of halogens is 1. The van der Waals surface area contributed by atoms with Gasteiger partial charge >= 0.3 is 0 Å². The summed E-state index contributed by atoms with van der Waals surface area (Å²) in [5, 5.41) is 16.9. The molecule has 0 aromatic heterocycles. The zero-order valence-electron chi connectivity index (χ0n) is 17.7. The lowest BCUT2D eigenvalue weighted by Crippen LogP contribution is -2.20. The van der Waals surface area contributed by atoms with Crippen molar-refractivity contribution in [3.8, 4) is 17.2 Å². The van der Waals surface area contributed by atoms with Crippen molar-refractivity contribution in [1.29, 1.82) is 0 Å². The lowest BCUT2D eigenvalue weighted by molar-refractivity contribution is -0.118. The van der Waals surface area contributed by atoms with E-state index in [4.69, 9.17) is 21.1 Å². The molecule has 8 nitrogen and oxygen atoms in total. The molecule has 0 bridgehead atoms. The van der Waals surface area contributed by atoms with Crippen molar-refractivity contribution in [3.05, 3.63) is 82.9 Å². The van der Waals surface area contributed by atoms with Crippen LogP contribution >= 0.6 is 11.6 Å². The number of benzene rings is 3. The number of nitrogens with zero attached hydrogens (tertiary/aromatic N) is 1. The van der Waals surface area contributed by atoms with Crippen molar-refractivity contribution in [2.24, 2.45) is 5.10 Å². The molecule has 0 aliphatic carbocycles. The molecule has 3 aromatic carbocycles. The standard InChI is InChI=1S/C24H22ClN3O5/c1-2-32-22-12-16(14-26-28-24(31)19-8-3-4-9-20(19)29)10-11-21(22)33-15-23(30)27-18-7-5-6-17(25)13-18/h3-14,29H,2,15H2,1H3,(H,27,30)(H,28,31). The molecule has 3 N–H and O–H groups in total. The molecule has 0 atom stereocenters. The van der Waals surface area contributed by atoms with Crippen molar-refractivity contribution in [3.63, 3.8) is 0 Å². The minimum absolute atomic E-state index is 0.115. The fourth-order valence-corrected chi connectivity index (χ4v) is 2.98. The smallest absolute Gasteiger partial charge is 0.275 e. The molecule has 170 valence electrons. The second-order valence-electron chi connectivity index (χ2n) is 6.70. The van der Waals surface area contributed by atoms with Gasteiger partial charge in [-0.25, -0.2) is 5.43 Å². The Bertz CT molecular complexity index is 1170. The molecule has 0 heterocycles. The van der Waals surface area contributed by atoms with E-state index in [0.717, 1.165) is 0 Å². The number of hydrogen-bond donors (Lipinski definition) is 3. The first kappa shape index (κ1) is 23.6. The highest BCUT2D eigenvalue weighted by molar-refractivity contribution is 6.30. The molecule has 0 spiro atoms. The van der Waals surface area contributed by atoms with Gasteiger partial charge in [0.15, 0.2) is 18.1 Å². The second kappa shape index (κ2) is 11.5. The number of hydrazone groups is 1. The summed E-state index contributed by atoms with van der Waals surface area (Å²) in [6, 6.07) is 18.0. The Hall–Kier alpha value is -4.04. The first-order valence-corrected chi connectivity index (χ1v) is 10.4. The largest absolute Gasteiger partial charge is 0.507 e. The quantitative estimate of drug-likeness (QED) is 0.322. The predicted octanol–water partition coefficient (Wildman–Crippen LogP) is 4.23. The van der Waals surface area contributed by atoms with E-state index < -0.39 is 5.91 Å². The summed E-state index contributed by atoms with van der Waals surface area (Å²) in [7, 11) is 0. The molecular formula is C24H22ClN3O5. The number of rotatable bonds is 9. The van der Waals surface area contributed by atoms with Crippen LogP contribution in [0.1, 0.15) is 22.8 Å². The Balaban J connectivity index is 1.61. The molecule has 9 heteroatoms. The Morgan fingerprint density at radius 1 is 1.03 bits per heavy atom. The third-order valence-corrected chi connectivity index (χ3v) is 4.50. The number of carbonyl (C=O) groups excluding carboxylic acids is 2. The average molecular weight is 468 g/mol. The molecule has 0 saturated carbocycles. The van der Waals surface area contributed by atoms with Gasteiger partial charge in [0, 0.05) is 10.7 Å². The van der Waals surface area contributed by atoms with Gasteiger partial charge in [0.2, 0.25) is 0 Å². The van der Waals surface area contributed by atoms with Crippen LogP contribution in [-0.4, -0.2) is 36.3 Å². The van der Waals surface area contributed by atoms with Gasteiger partial charge in [0.25, 0.3) is 11.8 Å². The summed E-state index contributed by atoms with van der Waals surface area (Å²) in [5.74, 6) is -0.223. The number of nitrogens with one attached hydrogen (secondary N) is 2. The van der Waals surface area contributed by atoms with E-state index in [-0.39, 0.29) is 23.8 Å². The van der Waals surface area contributed by atoms with Gasteiger partial charge < -0.3 is 19.9 Å². The topological polar surface area (TPSA) is 109 Å². The summed E-state index contributed by atoms with van der Waals surface area (Å²) in [6.45, 7) is 1.98. The van der Waals surface area contributed by atoms with E-state index in [9.17, 15) is 14.7 Å². The van der Waals surface area contributed by atoms with Crippen LogP contribution < -0.4 is 20.2 Å². The number of carbonyl (C=O) groups is 2. The van der Waals surface area contributed by atoms with Crippen molar-refractivity contribution in [2.75, 3.05) is 18.5 Å². The van der Waals surface area contributed by atoms with Gasteiger partial charge in [0.05, 0.1) is 18.4 Å². The minimum Gasteiger partial charge on any atom is -0.507 e. The lowest BCUT2D eigenvalue weighted by Gasteiger charge is -2.12. The molecule has 2 amide bonds. The number of anilines is 1. The lowest BCUT2D eigenvalue weighted by atomic mass is 10.2. The molecule has 0 unspecified atom stereocenters. The van der Waals surface area contributed by atoms with Crippen LogP contribution in [0.3, 0.4) is 0 Å². The Kier molecular flexibility index (Phi) is 8.26. The zero-order chi connectivity index (χ0) is 23.6. The van der Waals surface area contributed by atoms with Crippen LogP contribution in [0.2, 0.25) is 5.02 Å². The maximum absolute atomic E-state index is 12.2. The van der Waals surface area contributed by atoms with Crippen LogP contribution in [0, 0.1) is 0 Å². The predicted molar refractivity (Wildman–Crippen MR) is 126 cm³/mol. The highest BCUT2D eigenvalue weighted by Gasteiger charge is 2.11. The zero-order valence-corrected chi connectivity index (χ0v) is 18.5. The summed E-state index contributed by atoms with van der Waals surface area (Å²) in [6.07, 6.45) is 1.43. The summed E-state index contributed by atoms with van der Waals surface area (Å²) >= 11 is 5.92. The van der Waals surface area contributed by atoms with E-state index in [2.05, 4.69) is 15.8 Å². The van der Waals surface area contributed by atoms with Crippen molar-refractivity contribution >= 4 is 35.3 Å². The summed E-state index contributed by atoms with van der Waals surface area (Å²) < 4.78 is 11.2. The van der Waals surface area contributed by atoms with Crippen LogP contribution in [0.15, 0.2) is 71.8 Å². The highest BCUT2D eigenvalue weighted by Crippen LogP contribution is 2.28. The van der Waals surface area contributed by atoms with Gasteiger partial charge in [0.1, 0.15) is 5.75 Å². The average Bonchev–Trinajstić information content (AvgIpc) is 2.79. The molecule has 3 aromatic rings. The van der Waals surface area contributed by atoms with Gasteiger partial charge in [-0.15, -0.1) is 0 Å². The summed E-state index contributed by atoms with van der Waals surface area (Å²) in [4.78, 5) is 24.3. The molecular weight excluding hydrogens is 446 g/mol. The van der Waals surface area contributed by atoms with Crippen molar-refractivity contribution < 1.29 is 24.2 Å². The van der Waals surface area contributed by atoms with Gasteiger partial charge in [-0.2, -0.15) is 5.10 Å². The van der Waals surface area contributed by atoms with Crippen LogP contribution in [-0.2, 0) is 4.79 Å². The number of amides is 2. The van der Waals surface area contributed by atoms with Crippen LogP contribution in [0.4, 0.5) is 5.69 Å². The molecule has 0 radical (unpaired) electrons. The number of para-hydroxylation sites is 1. The maximum atomic E-state index is 12.2. The molecule has 0 fully saturated rings. The van der Waals surface area contributed by atoms with E-state index >= 15 is 0 Å². The molecule has 0 aliphatic rings. The number of aromatic hydroxyl groups is 1. The van der Waals surface area contributed by atoms with Crippen molar-refractivity contribution in [1.82, 2.24) is 5.43 Å². The summed E-state index contributed by atoms with van der Waals surface area (Å²) in [5.41, 5.74) is 3.67. The van der Waals surface area contributed by atoms with E-state index in [1.807, 2.05) is 6.92 Å². The van der Waals surface area contributed by atoms with E-state index in [1.165, 1.54) is 18.3 Å². The molecule has 0 aliphatic heterocycles. The Morgan fingerprint density at radius 3 is 2.61 bits per heavy atom. The third kappa shape index (κ3) is 6.98.